The van der Waals surface area contributed by atoms with Crippen LogP contribution < -0.4 is 5.32 Å². The van der Waals surface area contributed by atoms with Crippen molar-refractivity contribution >= 4 is 5.70 Å². The number of benzene rings is 1. The minimum atomic E-state index is 0.0493. The van der Waals surface area contributed by atoms with Gasteiger partial charge in [-0.3, -0.25) is 0 Å². The molecule has 0 unspecified atom stereocenters. The summed E-state index contributed by atoms with van der Waals surface area (Å²) in [5.74, 6) is 0.0493. The lowest BCUT2D eigenvalue weighted by molar-refractivity contribution is 0.435. The molecule has 0 saturated heterocycles. The maximum absolute atomic E-state index is 9.00. The highest BCUT2D eigenvalue weighted by molar-refractivity contribution is 5.65. The van der Waals surface area contributed by atoms with E-state index in [4.69, 9.17) is 5.11 Å². The van der Waals surface area contributed by atoms with Gasteiger partial charge in [0.15, 0.2) is 0 Å². The average Bonchev–Trinajstić information content (AvgIpc) is 2.15. The van der Waals surface area contributed by atoms with Crippen LogP contribution in [-0.2, 0) is 0 Å². The molecular formula is C11H13NO. The van der Waals surface area contributed by atoms with E-state index in [1.54, 1.807) is 6.08 Å². The predicted molar refractivity (Wildman–Crippen MR) is 55.2 cm³/mol. The van der Waals surface area contributed by atoms with Crippen LogP contribution in [0.15, 0.2) is 48.7 Å². The van der Waals surface area contributed by atoms with E-state index in [9.17, 15) is 0 Å². The van der Waals surface area contributed by atoms with Gasteiger partial charge < -0.3 is 10.4 Å². The van der Waals surface area contributed by atoms with Crippen LogP contribution in [-0.4, -0.2) is 12.2 Å². The molecular weight excluding hydrogens is 162 g/mol. The molecule has 2 heteroatoms. The molecule has 0 saturated carbocycles. The molecule has 1 aromatic rings. The third-order valence-corrected chi connectivity index (χ3v) is 1.67. The molecule has 0 heterocycles. The second-order valence-corrected chi connectivity index (χ2v) is 2.67. The van der Waals surface area contributed by atoms with Gasteiger partial charge in [0.2, 0.25) is 0 Å². The molecule has 0 aliphatic heterocycles. The summed E-state index contributed by atoms with van der Waals surface area (Å²) in [6.07, 6.45) is 1.59. The Balaban J connectivity index is 2.98. The van der Waals surface area contributed by atoms with Crippen molar-refractivity contribution in [1.82, 2.24) is 5.32 Å². The topological polar surface area (TPSA) is 32.3 Å². The Morgan fingerprint density at radius 1 is 1.38 bits per heavy atom. The Kier molecular flexibility index (Phi) is 3.15. The molecule has 0 fully saturated rings. The fourth-order valence-corrected chi connectivity index (χ4v) is 1.08. The second-order valence-electron chi connectivity index (χ2n) is 2.67. The molecule has 68 valence electrons. The molecule has 13 heavy (non-hydrogen) atoms. The Morgan fingerprint density at radius 2 is 2.00 bits per heavy atom. The maximum atomic E-state index is 9.00. The third kappa shape index (κ3) is 2.67. The lowest BCUT2D eigenvalue weighted by Gasteiger charge is -2.05. The summed E-state index contributed by atoms with van der Waals surface area (Å²) < 4.78 is 0. The molecule has 0 bridgehead atoms. The molecule has 0 atom stereocenters. The standard InChI is InChI=1S/C11H13NO/c1-9(13)8-11(12-2)10-6-4-3-5-7-10/h3-8,12-13H,1H2,2H3/b11-8-. The van der Waals surface area contributed by atoms with Gasteiger partial charge in [0.25, 0.3) is 0 Å². The SMILES string of the molecule is C=C(O)/C=C(\NC)c1ccccc1. The zero-order valence-corrected chi connectivity index (χ0v) is 7.62. The van der Waals surface area contributed by atoms with Crippen LogP contribution >= 0.6 is 0 Å². The first-order valence-corrected chi connectivity index (χ1v) is 4.07. The van der Waals surface area contributed by atoms with Crippen LogP contribution in [0, 0.1) is 0 Å². The quantitative estimate of drug-likeness (QED) is 0.546. The lowest BCUT2D eigenvalue weighted by Crippen LogP contribution is -2.04. The van der Waals surface area contributed by atoms with Gasteiger partial charge in [-0.1, -0.05) is 36.9 Å². The Bertz CT molecular complexity index is 314. The summed E-state index contributed by atoms with van der Waals surface area (Å²) in [7, 11) is 1.81. The van der Waals surface area contributed by atoms with Gasteiger partial charge in [-0.05, 0) is 5.56 Å². The van der Waals surface area contributed by atoms with Gasteiger partial charge in [-0.25, -0.2) is 0 Å². The zero-order chi connectivity index (χ0) is 9.68. The van der Waals surface area contributed by atoms with Gasteiger partial charge in [0, 0.05) is 18.8 Å². The number of allylic oxidation sites excluding steroid dienone is 1. The first-order chi connectivity index (χ1) is 6.24. The molecule has 1 rings (SSSR count). The van der Waals surface area contributed by atoms with Crippen molar-refractivity contribution in [3.63, 3.8) is 0 Å². The first-order valence-electron chi connectivity index (χ1n) is 4.07. The van der Waals surface area contributed by atoms with Crippen LogP contribution in [0.4, 0.5) is 0 Å². The number of nitrogens with one attached hydrogen (secondary N) is 1. The number of aliphatic hydroxyl groups excluding tert-OH is 1. The molecule has 0 aliphatic carbocycles. The predicted octanol–water partition coefficient (Wildman–Crippen LogP) is 2.32. The highest BCUT2D eigenvalue weighted by Gasteiger charge is 1.97. The number of hydrogen-bond acceptors (Lipinski definition) is 2. The van der Waals surface area contributed by atoms with Crippen molar-refractivity contribution in [2.75, 3.05) is 7.05 Å². The Morgan fingerprint density at radius 3 is 2.46 bits per heavy atom. The van der Waals surface area contributed by atoms with E-state index in [1.807, 2.05) is 37.4 Å². The monoisotopic (exact) mass is 175 g/mol. The molecule has 2 nitrogen and oxygen atoms in total. The van der Waals surface area contributed by atoms with Crippen molar-refractivity contribution in [2.24, 2.45) is 0 Å². The normalized spacial score (nSPS) is 11.0. The lowest BCUT2D eigenvalue weighted by atomic mass is 10.1. The minimum Gasteiger partial charge on any atom is -0.509 e. The minimum absolute atomic E-state index is 0.0493. The Hall–Kier alpha value is -1.70. The van der Waals surface area contributed by atoms with E-state index in [0.717, 1.165) is 11.3 Å². The van der Waals surface area contributed by atoms with E-state index >= 15 is 0 Å². The molecule has 2 N–H and O–H groups in total. The summed E-state index contributed by atoms with van der Waals surface area (Å²) >= 11 is 0. The van der Waals surface area contributed by atoms with E-state index in [1.165, 1.54) is 0 Å². The van der Waals surface area contributed by atoms with Crippen molar-refractivity contribution in [1.29, 1.82) is 0 Å². The van der Waals surface area contributed by atoms with Crippen molar-refractivity contribution in [3.05, 3.63) is 54.3 Å². The van der Waals surface area contributed by atoms with Gasteiger partial charge in [-0.15, -0.1) is 0 Å². The molecule has 0 aliphatic rings. The van der Waals surface area contributed by atoms with Crippen LogP contribution in [0.1, 0.15) is 5.56 Å². The molecule has 0 radical (unpaired) electrons. The molecule has 0 amide bonds. The zero-order valence-electron chi connectivity index (χ0n) is 7.62. The van der Waals surface area contributed by atoms with Gasteiger partial charge in [0.1, 0.15) is 5.76 Å². The third-order valence-electron chi connectivity index (χ3n) is 1.67. The number of rotatable bonds is 3. The maximum Gasteiger partial charge on any atom is 0.110 e. The van der Waals surface area contributed by atoms with Crippen molar-refractivity contribution in [3.8, 4) is 0 Å². The van der Waals surface area contributed by atoms with Crippen LogP contribution in [0.5, 0.6) is 0 Å². The van der Waals surface area contributed by atoms with Crippen LogP contribution in [0.25, 0.3) is 5.70 Å². The van der Waals surface area contributed by atoms with Crippen LogP contribution in [0.2, 0.25) is 0 Å². The van der Waals surface area contributed by atoms with Crippen molar-refractivity contribution in [2.45, 2.75) is 0 Å². The second kappa shape index (κ2) is 4.36. The Labute approximate surface area is 78.2 Å². The number of aliphatic hydroxyl groups is 1. The van der Waals surface area contributed by atoms with E-state index < -0.39 is 0 Å². The fourth-order valence-electron chi connectivity index (χ4n) is 1.08. The fraction of sp³-hybridized carbons (Fsp3) is 0.0909. The summed E-state index contributed by atoms with van der Waals surface area (Å²) in [6, 6.07) is 9.77. The van der Waals surface area contributed by atoms with Gasteiger partial charge in [0.05, 0.1) is 0 Å². The highest BCUT2D eigenvalue weighted by Crippen LogP contribution is 2.11. The smallest absolute Gasteiger partial charge is 0.110 e. The van der Waals surface area contributed by atoms with Crippen LogP contribution in [0.3, 0.4) is 0 Å². The highest BCUT2D eigenvalue weighted by atomic mass is 16.3. The summed E-state index contributed by atoms with van der Waals surface area (Å²) in [4.78, 5) is 0. The van der Waals surface area contributed by atoms with E-state index in [-0.39, 0.29) is 5.76 Å². The molecule has 1 aromatic carbocycles. The number of hydrogen-bond donors (Lipinski definition) is 2. The van der Waals surface area contributed by atoms with Gasteiger partial charge in [-0.2, -0.15) is 0 Å². The average molecular weight is 175 g/mol. The summed E-state index contributed by atoms with van der Waals surface area (Å²) in [5.41, 5.74) is 1.88. The first kappa shape index (κ1) is 9.39. The molecule has 0 aromatic heterocycles. The van der Waals surface area contributed by atoms with Crippen molar-refractivity contribution < 1.29 is 5.11 Å². The summed E-state index contributed by atoms with van der Waals surface area (Å²) in [6.45, 7) is 3.41. The molecule has 0 spiro atoms. The van der Waals surface area contributed by atoms with E-state index in [0.29, 0.717) is 0 Å². The van der Waals surface area contributed by atoms with E-state index in [2.05, 4.69) is 11.9 Å². The largest absolute Gasteiger partial charge is 0.509 e. The summed E-state index contributed by atoms with van der Waals surface area (Å²) in [5, 5.41) is 12.0. The van der Waals surface area contributed by atoms with Gasteiger partial charge >= 0.3 is 0 Å².